The SMILES string of the molecule is CS(=O)(=O)c1cccc(NC(=O)C2CC3CCCCC3N2)c1. The highest BCUT2D eigenvalue weighted by Gasteiger charge is 2.38. The molecule has 2 aliphatic rings. The van der Waals surface area contributed by atoms with Crippen molar-refractivity contribution in [3.05, 3.63) is 24.3 Å². The first-order valence-corrected chi connectivity index (χ1v) is 9.69. The summed E-state index contributed by atoms with van der Waals surface area (Å²) in [5.74, 6) is 0.534. The van der Waals surface area contributed by atoms with Gasteiger partial charge in [0.05, 0.1) is 10.9 Å². The van der Waals surface area contributed by atoms with Crippen molar-refractivity contribution in [3.63, 3.8) is 0 Å². The topological polar surface area (TPSA) is 75.3 Å². The second kappa shape index (κ2) is 6.01. The molecule has 0 radical (unpaired) electrons. The average Bonchev–Trinajstić information content (AvgIpc) is 2.90. The number of benzene rings is 1. The van der Waals surface area contributed by atoms with Crippen LogP contribution in [0.3, 0.4) is 0 Å². The second-order valence-electron chi connectivity index (χ2n) is 6.40. The van der Waals surface area contributed by atoms with Crippen molar-refractivity contribution < 1.29 is 13.2 Å². The number of carbonyl (C=O) groups excluding carboxylic acids is 1. The summed E-state index contributed by atoms with van der Waals surface area (Å²) in [6.07, 6.45) is 6.88. The maximum absolute atomic E-state index is 12.4. The van der Waals surface area contributed by atoms with E-state index in [2.05, 4.69) is 10.6 Å². The van der Waals surface area contributed by atoms with E-state index in [1.54, 1.807) is 12.1 Å². The number of amides is 1. The minimum Gasteiger partial charge on any atom is -0.325 e. The minimum atomic E-state index is -3.26. The number of sulfone groups is 1. The molecule has 2 N–H and O–H groups in total. The Morgan fingerprint density at radius 3 is 2.77 bits per heavy atom. The summed E-state index contributed by atoms with van der Waals surface area (Å²) in [5, 5.41) is 6.27. The van der Waals surface area contributed by atoms with Crippen molar-refractivity contribution >= 4 is 21.4 Å². The third-order valence-electron chi connectivity index (χ3n) is 4.71. The van der Waals surface area contributed by atoms with Gasteiger partial charge in [0, 0.05) is 18.0 Å². The fourth-order valence-corrected chi connectivity index (χ4v) is 4.22. The molecular formula is C16H22N2O3S. The van der Waals surface area contributed by atoms with Crippen LogP contribution >= 0.6 is 0 Å². The molecule has 0 spiro atoms. The van der Waals surface area contributed by atoms with E-state index in [1.165, 1.54) is 31.4 Å². The molecule has 1 saturated heterocycles. The normalized spacial score (nSPS) is 28.1. The zero-order valence-corrected chi connectivity index (χ0v) is 13.5. The van der Waals surface area contributed by atoms with Gasteiger partial charge in [-0.1, -0.05) is 18.9 Å². The third kappa shape index (κ3) is 3.33. The maximum Gasteiger partial charge on any atom is 0.241 e. The summed E-state index contributed by atoms with van der Waals surface area (Å²) in [7, 11) is -3.26. The maximum atomic E-state index is 12.4. The van der Waals surface area contributed by atoms with Gasteiger partial charge < -0.3 is 10.6 Å². The van der Waals surface area contributed by atoms with Crippen molar-refractivity contribution in [3.8, 4) is 0 Å². The molecule has 22 heavy (non-hydrogen) atoms. The Morgan fingerprint density at radius 1 is 1.27 bits per heavy atom. The minimum absolute atomic E-state index is 0.0694. The van der Waals surface area contributed by atoms with Crippen LogP contribution in [-0.2, 0) is 14.6 Å². The quantitative estimate of drug-likeness (QED) is 0.892. The van der Waals surface area contributed by atoms with Gasteiger partial charge in [-0.15, -0.1) is 0 Å². The lowest BCUT2D eigenvalue weighted by Crippen LogP contribution is -2.39. The summed E-state index contributed by atoms with van der Waals surface area (Å²) in [6, 6.07) is 6.70. The molecule has 1 aromatic rings. The van der Waals surface area contributed by atoms with Gasteiger partial charge in [-0.2, -0.15) is 0 Å². The number of anilines is 1. The van der Waals surface area contributed by atoms with Crippen LogP contribution in [0, 0.1) is 5.92 Å². The van der Waals surface area contributed by atoms with Crippen LogP contribution in [0.4, 0.5) is 5.69 Å². The summed E-state index contributed by atoms with van der Waals surface area (Å²) in [6.45, 7) is 0. The van der Waals surface area contributed by atoms with Crippen LogP contribution in [0.2, 0.25) is 0 Å². The van der Waals surface area contributed by atoms with Gasteiger partial charge in [0.2, 0.25) is 5.91 Å². The molecule has 120 valence electrons. The van der Waals surface area contributed by atoms with Crippen molar-refractivity contribution in [2.45, 2.75) is 49.1 Å². The first kappa shape index (κ1) is 15.5. The molecule has 0 bridgehead atoms. The molecule has 5 nitrogen and oxygen atoms in total. The van der Waals surface area contributed by atoms with Gasteiger partial charge in [-0.05, 0) is 43.4 Å². The van der Waals surface area contributed by atoms with Crippen LogP contribution in [0.1, 0.15) is 32.1 Å². The van der Waals surface area contributed by atoms with Gasteiger partial charge in [-0.3, -0.25) is 4.79 Å². The molecule has 1 heterocycles. The first-order chi connectivity index (χ1) is 10.4. The number of nitrogens with one attached hydrogen (secondary N) is 2. The summed E-state index contributed by atoms with van der Waals surface area (Å²) in [4.78, 5) is 12.6. The highest BCUT2D eigenvalue weighted by atomic mass is 32.2. The van der Waals surface area contributed by atoms with Gasteiger partial charge in [0.15, 0.2) is 9.84 Å². The van der Waals surface area contributed by atoms with E-state index in [0.29, 0.717) is 17.6 Å². The van der Waals surface area contributed by atoms with Crippen LogP contribution in [-0.4, -0.2) is 32.7 Å². The molecule has 6 heteroatoms. The van der Waals surface area contributed by atoms with E-state index >= 15 is 0 Å². The monoisotopic (exact) mass is 322 g/mol. The fourth-order valence-electron chi connectivity index (χ4n) is 3.55. The molecule has 0 aromatic heterocycles. The van der Waals surface area contributed by atoms with Crippen LogP contribution in [0.25, 0.3) is 0 Å². The Bertz CT molecular complexity index is 658. The second-order valence-corrected chi connectivity index (χ2v) is 8.41. The summed E-state index contributed by atoms with van der Waals surface area (Å²) >= 11 is 0. The Hall–Kier alpha value is -1.40. The van der Waals surface area contributed by atoms with E-state index in [4.69, 9.17) is 0 Å². The van der Waals surface area contributed by atoms with E-state index in [-0.39, 0.29) is 16.8 Å². The lowest BCUT2D eigenvalue weighted by atomic mass is 9.85. The van der Waals surface area contributed by atoms with Crippen LogP contribution < -0.4 is 10.6 Å². The first-order valence-electron chi connectivity index (χ1n) is 7.80. The highest BCUT2D eigenvalue weighted by Crippen LogP contribution is 2.33. The van der Waals surface area contributed by atoms with Crippen molar-refractivity contribution in [1.29, 1.82) is 0 Å². The van der Waals surface area contributed by atoms with Gasteiger partial charge in [-0.25, -0.2) is 8.42 Å². The van der Waals surface area contributed by atoms with E-state index in [9.17, 15) is 13.2 Å². The number of hydrogen-bond acceptors (Lipinski definition) is 4. The van der Waals surface area contributed by atoms with E-state index in [1.807, 2.05) is 0 Å². The van der Waals surface area contributed by atoms with Gasteiger partial charge in [0.25, 0.3) is 0 Å². The van der Waals surface area contributed by atoms with Crippen molar-refractivity contribution in [2.24, 2.45) is 5.92 Å². The van der Waals surface area contributed by atoms with Crippen molar-refractivity contribution in [2.75, 3.05) is 11.6 Å². The number of hydrogen-bond donors (Lipinski definition) is 2. The predicted octanol–water partition coefficient (Wildman–Crippen LogP) is 1.95. The van der Waals surface area contributed by atoms with Crippen LogP contribution in [0.5, 0.6) is 0 Å². The summed E-state index contributed by atoms with van der Waals surface area (Å²) in [5.41, 5.74) is 0.532. The lowest BCUT2D eigenvalue weighted by molar-refractivity contribution is -0.117. The summed E-state index contributed by atoms with van der Waals surface area (Å²) < 4.78 is 23.1. The zero-order valence-electron chi connectivity index (χ0n) is 12.7. The molecule has 1 amide bonds. The standard InChI is InChI=1S/C16H22N2O3S/c1-22(20,21)13-7-4-6-12(10-13)17-16(19)15-9-11-5-2-3-8-14(11)18-15/h4,6-7,10-11,14-15,18H,2-3,5,8-9H2,1H3,(H,17,19). The molecule has 1 aliphatic carbocycles. The highest BCUT2D eigenvalue weighted by molar-refractivity contribution is 7.90. The molecule has 1 aromatic carbocycles. The lowest BCUT2D eigenvalue weighted by Gasteiger charge is -2.24. The molecule has 3 atom stereocenters. The van der Waals surface area contributed by atoms with E-state index in [0.717, 1.165) is 19.1 Å². The zero-order chi connectivity index (χ0) is 15.7. The number of rotatable bonds is 3. The molecular weight excluding hydrogens is 300 g/mol. The average molecular weight is 322 g/mol. The molecule has 3 unspecified atom stereocenters. The fraction of sp³-hybridized carbons (Fsp3) is 0.562. The van der Waals surface area contributed by atoms with E-state index < -0.39 is 9.84 Å². The molecule has 3 rings (SSSR count). The van der Waals surface area contributed by atoms with Gasteiger partial charge >= 0.3 is 0 Å². The third-order valence-corrected chi connectivity index (χ3v) is 5.82. The van der Waals surface area contributed by atoms with Crippen molar-refractivity contribution in [1.82, 2.24) is 5.32 Å². The van der Waals surface area contributed by atoms with Crippen LogP contribution in [0.15, 0.2) is 29.2 Å². The molecule has 1 saturated carbocycles. The predicted molar refractivity (Wildman–Crippen MR) is 85.5 cm³/mol. The smallest absolute Gasteiger partial charge is 0.241 e. The molecule has 1 aliphatic heterocycles. The number of carbonyl (C=O) groups is 1. The number of fused-ring (bicyclic) bond motifs is 1. The Morgan fingerprint density at radius 2 is 2.05 bits per heavy atom. The Labute approximate surface area is 131 Å². The Kier molecular flexibility index (Phi) is 4.23. The largest absolute Gasteiger partial charge is 0.325 e. The Balaban J connectivity index is 1.67. The molecule has 2 fully saturated rings. The van der Waals surface area contributed by atoms with Gasteiger partial charge in [0.1, 0.15) is 0 Å².